The van der Waals surface area contributed by atoms with E-state index < -0.39 is 59.4 Å². The van der Waals surface area contributed by atoms with Crippen molar-refractivity contribution in [3.8, 4) is 0 Å². The van der Waals surface area contributed by atoms with Gasteiger partial charge < -0.3 is 9.47 Å². The lowest BCUT2D eigenvalue weighted by Gasteiger charge is -2.46. The van der Waals surface area contributed by atoms with Crippen LogP contribution in [0.4, 0.5) is 0 Å². The highest BCUT2D eigenvalue weighted by molar-refractivity contribution is 9.14. The summed E-state index contributed by atoms with van der Waals surface area (Å²) in [7, 11) is 0. The predicted octanol–water partition coefficient (Wildman–Crippen LogP) is 0.879. The van der Waals surface area contributed by atoms with Crippen molar-refractivity contribution in [1.29, 1.82) is 0 Å². The van der Waals surface area contributed by atoms with E-state index in [-0.39, 0.29) is 0 Å². The first-order valence-electron chi connectivity index (χ1n) is 5.99. The van der Waals surface area contributed by atoms with Crippen molar-refractivity contribution < 1.29 is 28.7 Å². The molecule has 0 amide bonds. The van der Waals surface area contributed by atoms with Gasteiger partial charge in [-0.1, -0.05) is 31.9 Å². The Labute approximate surface area is 129 Å². The van der Waals surface area contributed by atoms with Crippen LogP contribution < -0.4 is 0 Å². The van der Waals surface area contributed by atoms with Crippen LogP contribution >= 0.6 is 31.9 Å². The molecule has 1 saturated carbocycles. The van der Waals surface area contributed by atoms with Crippen molar-refractivity contribution in [1.82, 2.24) is 0 Å². The first-order chi connectivity index (χ1) is 9.43. The molecule has 0 N–H and O–H groups in total. The molecule has 0 aromatic carbocycles. The minimum atomic E-state index is -0.720. The Morgan fingerprint density at radius 3 is 1.05 bits per heavy atom. The van der Waals surface area contributed by atoms with Gasteiger partial charge in [-0.05, 0) is 0 Å². The van der Waals surface area contributed by atoms with E-state index in [1.54, 1.807) is 0 Å². The van der Waals surface area contributed by atoms with Gasteiger partial charge in [0, 0.05) is 20.8 Å². The van der Waals surface area contributed by atoms with Crippen molar-refractivity contribution in [2.75, 3.05) is 0 Å². The number of carbonyl (C=O) groups excluding carboxylic acids is 4. The summed E-state index contributed by atoms with van der Waals surface area (Å²) < 4.78 is 10.7. The van der Waals surface area contributed by atoms with Gasteiger partial charge in [-0.3, -0.25) is 19.2 Å². The van der Waals surface area contributed by atoms with Crippen LogP contribution in [0.1, 0.15) is 0 Å². The SMILES string of the molecule is O=C1OC(=O)C2C1C1C(Br)=C(Br)C2C2C(=O)OC(=O)C21. The fourth-order valence-electron chi connectivity index (χ4n) is 3.93. The van der Waals surface area contributed by atoms with Gasteiger partial charge in [0.1, 0.15) is 0 Å². The van der Waals surface area contributed by atoms with Crippen LogP contribution in [0.5, 0.6) is 0 Å². The number of carbonyl (C=O) groups is 4. The Morgan fingerprint density at radius 2 is 0.800 bits per heavy atom. The third-order valence-electron chi connectivity index (χ3n) is 4.63. The van der Waals surface area contributed by atoms with Crippen LogP contribution in [-0.2, 0) is 28.7 Å². The predicted molar refractivity (Wildman–Crippen MR) is 68.0 cm³/mol. The lowest BCUT2D eigenvalue weighted by Crippen LogP contribution is -2.53. The Kier molecular flexibility index (Phi) is 2.41. The van der Waals surface area contributed by atoms with E-state index in [2.05, 4.69) is 31.9 Å². The smallest absolute Gasteiger partial charge is 0.318 e. The van der Waals surface area contributed by atoms with Crippen LogP contribution in [0.2, 0.25) is 0 Å². The summed E-state index contributed by atoms with van der Waals surface area (Å²) in [5.41, 5.74) is 0. The highest BCUT2D eigenvalue weighted by Crippen LogP contribution is 2.63. The summed E-state index contributed by atoms with van der Waals surface area (Å²) in [6, 6.07) is 0. The Hall–Kier alpha value is -1.02. The zero-order valence-electron chi connectivity index (χ0n) is 9.67. The lowest BCUT2D eigenvalue weighted by atomic mass is 9.54. The molecule has 2 heterocycles. The fraction of sp³-hybridized carbons (Fsp3) is 0.500. The molecule has 5 aliphatic rings. The van der Waals surface area contributed by atoms with E-state index >= 15 is 0 Å². The second-order valence-electron chi connectivity index (χ2n) is 5.33. The molecule has 6 nitrogen and oxygen atoms in total. The molecule has 2 bridgehead atoms. The van der Waals surface area contributed by atoms with E-state index in [1.807, 2.05) is 0 Å². The number of halogens is 2. The molecule has 3 fully saturated rings. The molecule has 5 rings (SSSR count). The first-order valence-corrected chi connectivity index (χ1v) is 7.58. The summed E-state index contributed by atoms with van der Waals surface area (Å²) in [6.45, 7) is 0. The van der Waals surface area contributed by atoms with Gasteiger partial charge in [0.25, 0.3) is 0 Å². The lowest BCUT2D eigenvalue weighted by molar-refractivity contribution is -0.154. The molecule has 104 valence electrons. The molecule has 0 aromatic heterocycles. The standard InChI is InChI=1S/C12H6Br2O6/c13-7-1-3-5(11(17)19-9(3)15)2(8(7)14)6-4(1)10(16)20-12(6)18/h1-6H. The number of ether oxygens (including phenoxy) is 2. The van der Waals surface area contributed by atoms with Crippen molar-refractivity contribution in [2.45, 2.75) is 0 Å². The summed E-state index contributed by atoms with van der Waals surface area (Å²) in [5.74, 6) is -6.55. The van der Waals surface area contributed by atoms with Crippen LogP contribution in [0.15, 0.2) is 8.96 Å². The van der Waals surface area contributed by atoms with Crippen molar-refractivity contribution in [3.05, 3.63) is 8.96 Å². The summed E-state index contributed by atoms with van der Waals surface area (Å²) in [6.07, 6.45) is 0. The Balaban J connectivity index is 1.96. The maximum absolute atomic E-state index is 11.9. The molecule has 0 spiro atoms. The van der Waals surface area contributed by atoms with Crippen LogP contribution in [0, 0.1) is 35.5 Å². The van der Waals surface area contributed by atoms with Gasteiger partial charge in [-0.25, -0.2) is 0 Å². The molecular weight excluding hydrogens is 400 g/mol. The maximum Gasteiger partial charge on any atom is 0.318 e. The second kappa shape index (κ2) is 3.79. The van der Waals surface area contributed by atoms with Crippen molar-refractivity contribution >= 4 is 55.7 Å². The molecule has 4 unspecified atom stereocenters. The zero-order chi connectivity index (χ0) is 14.3. The van der Waals surface area contributed by atoms with E-state index in [0.717, 1.165) is 0 Å². The summed E-state index contributed by atoms with van der Waals surface area (Å²) in [5, 5.41) is 0. The van der Waals surface area contributed by atoms with Crippen molar-refractivity contribution in [3.63, 3.8) is 0 Å². The highest BCUT2D eigenvalue weighted by atomic mass is 79.9. The molecule has 2 saturated heterocycles. The van der Waals surface area contributed by atoms with Gasteiger partial charge in [0.05, 0.1) is 23.7 Å². The van der Waals surface area contributed by atoms with Crippen molar-refractivity contribution in [2.24, 2.45) is 35.5 Å². The number of cyclic esters (lactones) is 4. The highest BCUT2D eigenvalue weighted by Gasteiger charge is 2.71. The number of hydrogen-bond donors (Lipinski definition) is 0. The molecule has 2 aliphatic heterocycles. The molecule has 3 aliphatic carbocycles. The third-order valence-corrected chi connectivity index (χ3v) is 7.07. The zero-order valence-corrected chi connectivity index (χ0v) is 12.8. The van der Waals surface area contributed by atoms with Gasteiger partial charge in [0.2, 0.25) is 0 Å². The topological polar surface area (TPSA) is 86.7 Å². The maximum atomic E-state index is 11.9. The molecule has 0 radical (unpaired) electrons. The number of rotatable bonds is 0. The average Bonchev–Trinajstić information content (AvgIpc) is 2.84. The average molecular weight is 406 g/mol. The summed E-state index contributed by atoms with van der Waals surface area (Å²) >= 11 is 6.75. The molecule has 8 heteroatoms. The number of hydrogen-bond acceptors (Lipinski definition) is 6. The van der Waals surface area contributed by atoms with Gasteiger partial charge in [-0.15, -0.1) is 0 Å². The van der Waals surface area contributed by atoms with E-state index in [9.17, 15) is 19.2 Å². The first kappa shape index (κ1) is 12.7. The van der Waals surface area contributed by atoms with Crippen LogP contribution in [0.25, 0.3) is 0 Å². The molecular formula is C12H6Br2O6. The largest absolute Gasteiger partial charge is 0.393 e. The van der Waals surface area contributed by atoms with E-state index in [1.165, 1.54) is 0 Å². The van der Waals surface area contributed by atoms with Crippen LogP contribution in [0.3, 0.4) is 0 Å². The number of allylic oxidation sites excluding steroid dienone is 2. The minimum absolute atomic E-state index is 0.581. The quantitative estimate of drug-likeness (QED) is 0.439. The molecule has 0 aromatic rings. The van der Waals surface area contributed by atoms with E-state index in [0.29, 0.717) is 8.96 Å². The monoisotopic (exact) mass is 404 g/mol. The second-order valence-corrected chi connectivity index (χ2v) is 7.04. The minimum Gasteiger partial charge on any atom is -0.393 e. The van der Waals surface area contributed by atoms with Gasteiger partial charge in [0.15, 0.2) is 0 Å². The number of esters is 4. The molecule has 4 atom stereocenters. The van der Waals surface area contributed by atoms with Gasteiger partial charge in [-0.2, -0.15) is 0 Å². The fourth-order valence-corrected chi connectivity index (χ4v) is 5.60. The Bertz CT molecular complexity index is 544. The van der Waals surface area contributed by atoms with E-state index in [4.69, 9.17) is 9.47 Å². The third kappa shape index (κ3) is 1.25. The summed E-state index contributed by atoms with van der Waals surface area (Å²) in [4.78, 5) is 47.6. The normalized spacial score (nSPS) is 45.5. The van der Waals surface area contributed by atoms with Gasteiger partial charge >= 0.3 is 23.9 Å². The molecule has 20 heavy (non-hydrogen) atoms. The Morgan fingerprint density at radius 1 is 0.550 bits per heavy atom. The van der Waals surface area contributed by atoms with Crippen LogP contribution in [-0.4, -0.2) is 23.9 Å².